The highest BCUT2D eigenvalue weighted by Crippen LogP contribution is 2.24. The van der Waals surface area contributed by atoms with Gasteiger partial charge in [-0.05, 0) is 54.8 Å². The third kappa shape index (κ3) is 4.75. The van der Waals surface area contributed by atoms with Crippen LogP contribution in [0.5, 0.6) is 0 Å². The molecule has 1 N–H and O–H groups in total. The Kier molecular flexibility index (Phi) is 6.18. The molecule has 0 fully saturated rings. The smallest absolute Gasteiger partial charge is 0.261 e. The maximum absolute atomic E-state index is 12.7. The quantitative estimate of drug-likeness (QED) is 0.351. The Bertz CT molecular complexity index is 1500. The first-order valence-electron chi connectivity index (χ1n) is 11.2. The molecule has 6 nitrogen and oxygen atoms in total. The Morgan fingerprint density at radius 1 is 1.03 bits per heavy atom. The summed E-state index contributed by atoms with van der Waals surface area (Å²) in [6.07, 6.45) is 3.22. The van der Waals surface area contributed by atoms with Crippen LogP contribution in [0.2, 0.25) is 0 Å². The van der Waals surface area contributed by atoms with E-state index in [1.54, 1.807) is 28.3 Å². The molecule has 0 radical (unpaired) electrons. The Morgan fingerprint density at radius 2 is 1.85 bits per heavy atom. The van der Waals surface area contributed by atoms with E-state index in [2.05, 4.69) is 21.4 Å². The van der Waals surface area contributed by atoms with Crippen LogP contribution in [0.3, 0.4) is 0 Å². The van der Waals surface area contributed by atoms with Gasteiger partial charge in [-0.1, -0.05) is 36.4 Å². The molecule has 5 rings (SSSR count). The van der Waals surface area contributed by atoms with E-state index < -0.39 is 0 Å². The minimum absolute atomic E-state index is 0.0715. The number of aryl methyl sites for hydroxylation is 2. The van der Waals surface area contributed by atoms with E-state index in [4.69, 9.17) is 0 Å². The number of carbonyl (C=O) groups is 1. The lowest BCUT2D eigenvalue weighted by molar-refractivity contribution is -0.116. The highest BCUT2D eigenvalue weighted by molar-refractivity contribution is 7.18. The Hall–Kier alpha value is -3.84. The summed E-state index contributed by atoms with van der Waals surface area (Å²) in [5, 5.41) is 4.62. The number of hydrogen-bond donors (Lipinski definition) is 1. The van der Waals surface area contributed by atoms with Gasteiger partial charge in [-0.15, -0.1) is 11.3 Å². The molecule has 0 atom stereocenters. The van der Waals surface area contributed by atoms with Gasteiger partial charge in [0.15, 0.2) is 0 Å². The Labute approximate surface area is 200 Å². The van der Waals surface area contributed by atoms with Crippen molar-refractivity contribution in [2.45, 2.75) is 32.7 Å². The van der Waals surface area contributed by atoms with Crippen LogP contribution >= 0.6 is 11.3 Å². The lowest BCUT2D eigenvalue weighted by Crippen LogP contribution is -2.22. The molecular formula is C27H24N4O2S. The normalized spacial score (nSPS) is 11.2. The predicted octanol–water partition coefficient (Wildman–Crippen LogP) is 5.32. The van der Waals surface area contributed by atoms with Crippen molar-refractivity contribution in [2.75, 3.05) is 5.32 Å². The van der Waals surface area contributed by atoms with Gasteiger partial charge in [0.05, 0.1) is 32.5 Å². The molecule has 170 valence electrons. The molecule has 2 aromatic heterocycles. The van der Waals surface area contributed by atoms with E-state index in [1.807, 2.05) is 61.5 Å². The summed E-state index contributed by atoms with van der Waals surface area (Å²) in [5.74, 6) is -0.0726. The summed E-state index contributed by atoms with van der Waals surface area (Å²) in [6, 6.07) is 21.6. The average molecular weight is 469 g/mol. The predicted molar refractivity (Wildman–Crippen MR) is 137 cm³/mol. The molecule has 5 aromatic rings. The van der Waals surface area contributed by atoms with Gasteiger partial charge in [-0.3, -0.25) is 14.2 Å². The topological polar surface area (TPSA) is 76.9 Å². The van der Waals surface area contributed by atoms with Crippen LogP contribution in [-0.4, -0.2) is 20.4 Å². The molecule has 0 saturated carbocycles. The second-order valence-corrected chi connectivity index (χ2v) is 9.43. The van der Waals surface area contributed by atoms with Crippen molar-refractivity contribution in [3.63, 3.8) is 0 Å². The van der Waals surface area contributed by atoms with E-state index >= 15 is 0 Å². The minimum Gasteiger partial charge on any atom is -0.326 e. The monoisotopic (exact) mass is 468 g/mol. The summed E-state index contributed by atoms with van der Waals surface area (Å²) >= 11 is 1.71. The number of nitrogens with zero attached hydrogens (tertiary/aromatic N) is 3. The lowest BCUT2D eigenvalue weighted by atomic mass is 10.1. The zero-order valence-corrected chi connectivity index (χ0v) is 19.6. The number of amides is 1. The van der Waals surface area contributed by atoms with Gasteiger partial charge in [0, 0.05) is 25.1 Å². The number of aromatic nitrogens is 3. The van der Waals surface area contributed by atoms with Crippen molar-refractivity contribution in [3.05, 3.63) is 99.5 Å². The van der Waals surface area contributed by atoms with Gasteiger partial charge >= 0.3 is 0 Å². The number of nitrogens with one attached hydrogen (secondary N) is 1. The highest BCUT2D eigenvalue weighted by atomic mass is 32.1. The van der Waals surface area contributed by atoms with Crippen LogP contribution in [0.1, 0.15) is 29.0 Å². The summed E-state index contributed by atoms with van der Waals surface area (Å²) in [6.45, 7) is 2.39. The molecular weight excluding hydrogens is 444 g/mol. The molecule has 2 heterocycles. The maximum atomic E-state index is 12.7. The number of benzene rings is 3. The second-order valence-electron chi connectivity index (χ2n) is 8.31. The molecule has 0 bridgehead atoms. The summed E-state index contributed by atoms with van der Waals surface area (Å²) in [7, 11) is 0. The standard InChI is InChI=1S/C27H24N4O2S/c1-18-6-4-7-21-26(18)28-17-31(27(21)33)15-5-10-24(32)29-20-13-11-19(12-14-20)16-25-30-22-8-2-3-9-23(22)34-25/h2-4,6-9,11-14,17H,5,10,15-16H2,1H3,(H,29,32). The van der Waals surface area contributed by atoms with Gasteiger partial charge in [0.1, 0.15) is 0 Å². The highest BCUT2D eigenvalue weighted by Gasteiger charge is 2.08. The van der Waals surface area contributed by atoms with E-state index in [1.165, 1.54) is 4.70 Å². The van der Waals surface area contributed by atoms with Crippen LogP contribution in [-0.2, 0) is 17.8 Å². The summed E-state index contributed by atoms with van der Waals surface area (Å²) in [5.41, 5.74) is 4.58. The molecule has 0 aliphatic rings. The third-order valence-corrected chi connectivity index (χ3v) is 6.83. The number of para-hydroxylation sites is 2. The van der Waals surface area contributed by atoms with Gasteiger partial charge in [-0.25, -0.2) is 9.97 Å². The second kappa shape index (κ2) is 9.57. The zero-order chi connectivity index (χ0) is 23.5. The lowest BCUT2D eigenvalue weighted by Gasteiger charge is -2.09. The number of anilines is 1. The molecule has 0 spiro atoms. The first-order valence-corrected chi connectivity index (χ1v) is 12.1. The average Bonchev–Trinajstić information content (AvgIpc) is 3.25. The number of thiazole rings is 1. The number of fused-ring (bicyclic) bond motifs is 2. The fourth-order valence-electron chi connectivity index (χ4n) is 4.01. The van der Waals surface area contributed by atoms with Gasteiger partial charge < -0.3 is 5.32 Å². The maximum Gasteiger partial charge on any atom is 0.261 e. The van der Waals surface area contributed by atoms with Crippen LogP contribution in [0.15, 0.2) is 77.9 Å². The number of rotatable bonds is 7. The first kappa shape index (κ1) is 22.0. The van der Waals surface area contributed by atoms with Crippen molar-refractivity contribution >= 4 is 44.1 Å². The summed E-state index contributed by atoms with van der Waals surface area (Å²) in [4.78, 5) is 34.2. The third-order valence-electron chi connectivity index (χ3n) is 5.79. The van der Waals surface area contributed by atoms with Crippen molar-refractivity contribution in [1.82, 2.24) is 14.5 Å². The van der Waals surface area contributed by atoms with Gasteiger partial charge in [0.2, 0.25) is 5.91 Å². The minimum atomic E-state index is -0.0726. The van der Waals surface area contributed by atoms with Crippen LogP contribution in [0, 0.1) is 6.92 Å². The van der Waals surface area contributed by atoms with Gasteiger partial charge in [-0.2, -0.15) is 0 Å². The van der Waals surface area contributed by atoms with Crippen LogP contribution < -0.4 is 10.9 Å². The number of hydrogen-bond acceptors (Lipinski definition) is 5. The SMILES string of the molecule is Cc1cccc2c(=O)n(CCCC(=O)Nc3ccc(Cc4nc5ccccc5s4)cc3)cnc12. The van der Waals surface area contributed by atoms with Crippen molar-refractivity contribution in [2.24, 2.45) is 0 Å². The van der Waals surface area contributed by atoms with E-state index in [0.29, 0.717) is 24.8 Å². The molecule has 1 amide bonds. The Morgan fingerprint density at radius 3 is 2.68 bits per heavy atom. The molecule has 0 aliphatic heterocycles. The largest absolute Gasteiger partial charge is 0.326 e. The van der Waals surface area contributed by atoms with E-state index in [-0.39, 0.29) is 11.5 Å². The zero-order valence-electron chi connectivity index (χ0n) is 18.8. The van der Waals surface area contributed by atoms with E-state index in [9.17, 15) is 9.59 Å². The van der Waals surface area contributed by atoms with Gasteiger partial charge in [0.25, 0.3) is 5.56 Å². The molecule has 7 heteroatoms. The molecule has 0 aliphatic carbocycles. The molecule has 0 unspecified atom stereocenters. The summed E-state index contributed by atoms with van der Waals surface area (Å²) < 4.78 is 2.77. The van der Waals surface area contributed by atoms with Crippen molar-refractivity contribution in [1.29, 1.82) is 0 Å². The molecule has 0 saturated heterocycles. The van der Waals surface area contributed by atoms with E-state index in [0.717, 1.165) is 39.3 Å². The first-order chi connectivity index (χ1) is 16.6. The number of carbonyl (C=O) groups excluding carboxylic acids is 1. The fourth-order valence-corrected chi connectivity index (χ4v) is 5.01. The van der Waals surface area contributed by atoms with Crippen LogP contribution in [0.4, 0.5) is 5.69 Å². The molecule has 34 heavy (non-hydrogen) atoms. The van der Waals surface area contributed by atoms with Crippen molar-refractivity contribution in [3.8, 4) is 0 Å². The van der Waals surface area contributed by atoms with Crippen molar-refractivity contribution < 1.29 is 4.79 Å². The molecule has 3 aromatic carbocycles. The fraction of sp³-hybridized carbons (Fsp3) is 0.185. The Balaban J connectivity index is 1.15. The van der Waals surface area contributed by atoms with Crippen LogP contribution in [0.25, 0.3) is 21.1 Å².